The molecule has 2 N–H and O–H groups in total. The summed E-state index contributed by atoms with van der Waals surface area (Å²) in [7, 11) is 0. The summed E-state index contributed by atoms with van der Waals surface area (Å²) < 4.78 is 5.58. The highest BCUT2D eigenvalue weighted by molar-refractivity contribution is 5.44. The first-order valence-electron chi connectivity index (χ1n) is 6.45. The second-order valence-electron chi connectivity index (χ2n) is 4.29. The van der Waals surface area contributed by atoms with Crippen LogP contribution in [0.3, 0.4) is 0 Å². The number of hydrogen-bond donors (Lipinski definition) is 2. The zero-order chi connectivity index (χ0) is 11.9. The molecule has 1 unspecified atom stereocenters. The third-order valence-electron chi connectivity index (χ3n) is 2.90. The Kier molecular flexibility index (Phi) is 4.62. The van der Waals surface area contributed by atoms with E-state index in [0.717, 1.165) is 37.8 Å². The molecule has 0 saturated carbocycles. The van der Waals surface area contributed by atoms with Gasteiger partial charge in [0.1, 0.15) is 11.6 Å². The second kappa shape index (κ2) is 6.45. The van der Waals surface area contributed by atoms with Gasteiger partial charge in [0.2, 0.25) is 0 Å². The molecule has 0 amide bonds. The van der Waals surface area contributed by atoms with Crippen LogP contribution in [0, 0.1) is 0 Å². The van der Waals surface area contributed by atoms with Crippen LogP contribution in [-0.4, -0.2) is 30.8 Å². The molecule has 17 heavy (non-hydrogen) atoms. The van der Waals surface area contributed by atoms with Gasteiger partial charge in [-0.05, 0) is 38.3 Å². The van der Waals surface area contributed by atoms with E-state index >= 15 is 0 Å². The van der Waals surface area contributed by atoms with E-state index in [1.54, 1.807) is 0 Å². The molecule has 0 bridgehead atoms. The second-order valence-corrected chi connectivity index (χ2v) is 4.29. The quantitative estimate of drug-likeness (QED) is 0.795. The minimum absolute atomic E-state index is 0.444. The molecular formula is C13H21N3O. The lowest BCUT2D eigenvalue weighted by Gasteiger charge is -2.11. The third kappa shape index (κ3) is 3.89. The van der Waals surface area contributed by atoms with Crippen molar-refractivity contribution in [2.75, 3.05) is 30.3 Å². The van der Waals surface area contributed by atoms with Crippen LogP contribution in [0.4, 0.5) is 11.6 Å². The van der Waals surface area contributed by atoms with Crippen LogP contribution in [-0.2, 0) is 4.74 Å². The third-order valence-corrected chi connectivity index (χ3v) is 2.90. The van der Waals surface area contributed by atoms with Gasteiger partial charge in [-0.3, -0.25) is 0 Å². The van der Waals surface area contributed by atoms with Crippen molar-refractivity contribution in [1.29, 1.82) is 0 Å². The average molecular weight is 235 g/mol. The maximum atomic E-state index is 5.58. The van der Waals surface area contributed by atoms with E-state index in [0.29, 0.717) is 6.10 Å². The molecule has 2 rings (SSSR count). The first kappa shape index (κ1) is 12.2. The van der Waals surface area contributed by atoms with Crippen molar-refractivity contribution in [2.45, 2.75) is 32.3 Å². The molecule has 0 radical (unpaired) electrons. The van der Waals surface area contributed by atoms with Crippen molar-refractivity contribution in [2.24, 2.45) is 0 Å². The first-order valence-corrected chi connectivity index (χ1v) is 6.45. The topological polar surface area (TPSA) is 46.2 Å². The Morgan fingerprint density at radius 3 is 2.88 bits per heavy atom. The molecule has 0 aliphatic carbocycles. The van der Waals surface area contributed by atoms with Crippen LogP contribution >= 0.6 is 0 Å². The van der Waals surface area contributed by atoms with Gasteiger partial charge in [0.25, 0.3) is 0 Å². The van der Waals surface area contributed by atoms with Crippen molar-refractivity contribution in [1.82, 2.24) is 4.98 Å². The smallest absolute Gasteiger partial charge is 0.128 e. The van der Waals surface area contributed by atoms with Gasteiger partial charge < -0.3 is 15.4 Å². The van der Waals surface area contributed by atoms with E-state index in [2.05, 4.69) is 22.5 Å². The SMILES string of the molecule is CCNc1cccc(NCCC2CCCO2)n1. The number of hydrogen-bond acceptors (Lipinski definition) is 4. The summed E-state index contributed by atoms with van der Waals surface area (Å²) in [5, 5.41) is 6.54. The molecule has 94 valence electrons. The van der Waals surface area contributed by atoms with Crippen molar-refractivity contribution in [3.63, 3.8) is 0 Å². The zero-order valence-corrected chi connectivity index (χ0v) is 10.4. The molecule has 1 atom stereocenters. The van der Waals surface area contributed by atoms with Gasteiger partial charge in [0, 0.05) is 19.7 Å². The highest BCUT2D eigenvalue weighted by atomic mass is 16.5. The lowest BCUT2D eigenvalue weighted by molar-refractivity contribution is 0.107. The van der Waals surface area contributed by atoms with Gasteiger partial charge in [-0.2, -0.15) is 0 Å². The maximum Gasteiger partial charge on any atom is 0.128 e. The molecule has 1 aliphatic rings. The zero-order valence-electron chi connectivity index (χ0n) is 10.4. The molecule has 1 saturated heterocycles. The first-order chi connectivity index (χ1) is 8.38. The van der Waals surface area contributed by atoms with Crippen molar-refractivity contribution in [3.8, 4) is 0 Å². The molecule has 2 heterocycles. The van der Waals surface area contributed by atoms with Gasteiger partial charge in [-0.15, -0.1) is 0 Å². The van der Waals surface area contributed by atoms with E-state index in [4.69, 9.17) is 4.74 Å². The Labute approximate surface area is 103 Å². The lowest BCUT2D eigenvalue weighted by atomic mass is 10.2. The summed E-state index contributed by atoms with van der Waals surface area (Å²) in [6.45, 7) is 4.82. The van der Waals surface area contributed by atoms with Crippen LogP contribution < -0.4 is 10.6 Å². The minimum atomic E-state index is 0.444. The van der Waals surface area contributed by atoms with E-state index in [9.17, 15) is 0 Å². The Morgan fingerprint density at radius 1 is 1.35 bits per heavy atom. The fourth-order valence-corrected chi connectivity index (χ4v) is 2.05. The van der Waals surface area contributed by atoms with Crippen molar-refractivity contribution < 1.29 is 4.74 Å². The summed E-state index contributed by atoms with van der Waals surface area (Å²) in [5.41, 5.74) is 0. The van der Waals surface area contributed by atoms with Crippen LogP contribution in [0.15, 0.2) is 18.2 Å². The standard InChI is InChI=1S/C13H21N3O/c1-2-14-12-6-3-7-13(16-12)15-9-8-11-5-4-10-17-11/h3,6-7,11H,2,4-5,8-10H2,1H3,(H2,14,15,16). The predicted octanol–water partition coefficient (Wildman–Crippen LogP) is 2.49. The number of rotatable bonds is 6. The summed E-state index contributed by atoms with van der Waals surface area (Å²) in [6.07, 6.45) is 3.91. The number of nitrogens with zero attached hydrogens (tertiary/aromatic N) is 1. The Bertz CT molecular complexity index is 337. The van der Waals surface area contributed by atoms with Crippen LogP contribution in [0.1, 0.15) is 26.2 Å². The number of pyridine rings is 1. The summed E-state index contributed by atoms with van der Waals surface area (Å²) in [5.74, 6) is 1.86. The summed E-state index contributed by atoms with van der Waals surface area (Å²) in [4.78, 5) is 4.46. The van der Waals surface area contributed by atoms with E-state index in [1.807, 2.05) is 18.2 Å². The van der Waals surface area contributed by atoms with Crippen LogP contribution in [0.2, 0.25) is 0 Å². The van der Waals surface area contributed by atoms with Crippen LogP contribution in [0.5, 0.6) is 0 Å². The average Bonchev–Trinajstić information content (AvgIpc) is 2.83. The molecule has 1 aliphatic heterocycles. The van der Waals surface area contributed by atoms with Crippen molar-refractivity contribution >= 4 is 11.6 Å². The highest BCUT2D eigenvalue weighted by Gasteiger charge is 2.14. The lowest BCUT2D eigenvalue weighted by Crippen LogP contribution is -2.13. The normalized spacial score (nSPS) is 19.2. The van der Waals surface area contributed by atoms with E-state index < -0.39 is 0 Å². The number of nitrogens with one attached hydrogen (secondary N) is 2. The molecule has 1 aromatic rings. The largest absolute Gasteiger partial charge is 0.378 e. The summed E-state index contributed by atoms with van der Waals surface area (Å²) in [6, 6.07) is 5.99. The molecule has 4 heteroatoms. The Balaban J connectivity index is 1.75. The van der Waals surface area contributed by atoms with Crippen LogP contribution in [0.25, 0.3) is 0 Å². The van der Waals surface area contributed by atoms with Gasteiger partial charge >= 0.3 is 0 Å². The Hall–Kier alpha value is -1.29. The summed E-state index contributed by atoms with van der Waals surface area (Å²) >= 11 is 0. The number of aromatic nitrogens is 1. The monoisotopic (exact) mass is 235 g/mol. The molecule has 1 aromatic heterocycles. The van der Waals surface area contributed by atoms with E-state index in [1.165, 1.54) is 12.8 Å². The highest BCUT2D eigenvalue weighted by Crippen LogP contribution is 2.15. The fraction of sp³-hybridized carbons (Fsp3) is 0.615. The van der Waals surface area contributed by atoms with Gasteiger partial charge in [0.15, 0.2) is 0 Å². The molecule has 1 fully saturated rings. The number of ether oxygens (including phenoxy) is 1. The molecule has 4 nitrogen and oxygen atoms in total. The molecule has 0 aromatic carbocycles. The van der Waals surface area contributed by atoms with E-state index in [-0.39, 0.29) is 0 Å². The minimum Gasteiger partial charge on any atom is -0.378 e. The predicted molar refractivity (Wildman–Crippen MR) is 70.5 cm³/mol. The molecule has 0 spiro atoms. The maximum absolute atomic E-state index is 5.58. The van der Waals surface area contributed by atoms with Gasteiger partial charge in [0.05, 0.1) is 6.10 Å². The number of anilines is 2. The Morgan fingerprint density at radius 2 is 2.18 bits per heavy atom. The fourth-order valence-electron chi connectivity index (χ4n) is 2.05. The molecular weight excluding hydrogens is 214 g/mol. The van der Waals surface area contributed by atoms with Crippen molar-refractivity contribution in [3.05, 3.63) is 18.2 Å². The van der Waals surface area contributed by atoms with Gasteiger partial charge in [-0.1, -0.05) is 6.07 Å². The van der Waals surface area contributed by atoms with Gasteiger partial charge in [-0.25, -0.2) is 4.98 Å².